The molecule has 0 aliphatic carbocycles. The molecule has 2 heterocycles. The van der Waals surface area contributed by atoms with Gasteiger partial charge in [-0.15, -0.1) is 0 Å². The van der Waals surface area contributed by atoms with Gasteiger partial charge in [0.25, 0.3) is 5.91 Å². The molecule has 0 saturated carbocycles. The topological polar surface area (TPSA) is 89.7 Å². The molecule has 0 bridgehead atoms. The standard InChI is InChI=1S/C15H27N3O4/c1-10(19)16-11(20)15(18(22)14(16,6)7)8-12(2,3)17(21)13(4,5)9-15/h21-22H,8-9H2,1-7H3/p+2. The lowest BCUT2D eigenvalue weighted by Crippen LogP contribution is -2.69. The SMILES string of the molecule is CC(=O)N1C(=O)C2(CC(C)(C)N([OH2+])C(C)(C)C2)N([OH2+])C1(C)C. The van der Waals surface area contributed by atoms with Crippen LogP contribution in [0.2, 0.25) is 0 Å². The number of piperidine rings is 1. The maximum Gasteiger partial charge on any atom is 0.258 e. The average molecular weight is 315 g/mol. The number of nitrogens with zero attached hydrogens (tertiary/aromatic N) is 3. The smallest absolute Gasteiger partial charge is 0.258 e. The van der Waals surface area contributed by atoms with E-state index in [0.29, 0.717) is 12.8 Å². The molecule has 1 spiro atoms. The third-order valence-corrected chi connectivity index (χ3v) is 5.10. The Labute approximate surface area is 131 Å². The molecule has 126 valence electrons. The van der Waals surface area contributed by atoms with E-state index in [1.807, 2.05) is 27.7 Å². The normalized spacial score (nSPS) is 30.0. The van der Waals surface area contributed by atoms with Gasteiger partial charge in [-0.05, 0) is 46.6 Å². The summed E-state index contributed by atoms with van der Waals surface area (Å²) in [7, 11) is 0. The lowest BCUT2D eigenvalue weighted by atomic mass is 9.70. The summed E-state index contributed by atoms with van der Waals surface area (Å²) in [6.07, 6.45) is 0.699. The van der Waals surface area contributed by atoms with Crippen molar-refractivity contribution in [1.29, 1.82) is 0 Å². The molecule has 2 amide bonds. The number of hydrogen-bond donors (Lipinski definition) is 0. The van der Waals surface area contributed by atoms with E-state index in [0.717, 1.165) is 0 Å². The van der Waals surface area contributed by atoms with Gasteiger partial charge in [0.05, 0.1) is 11.1 Å². The molecule has 2 fully saturated rings. The maximum absolute atomic E-state index is 13.1. The van der Waals surface area contributed by atoms with Crippen LogP contribution in [0.1, 0.15) is 61.3 Å². The van der Waals surface area contributed by atoms with Crippen LogP contribution in [0.5, 0.6) is 0 Å². The molecule has 0 radical (unpaired) electrons. The first kappa shape index (κ1) is 17.3. The molecule has 7 heteroatoms. The molecule has 0 aromatic carbocycles. The summed E-state index contributed by atoms with van der Waals surface area (Å²) in [5.41, 5.74) is -3.20. The Bertz CT molecular complexity index is 509. The van der Waals surface area contributed by atoms with Gasteiger partial charge in [0.1, 0.15) is 0 Å². The van der Waals surface area contributed by atoms with Crippen molar-refractivity contribution in [3.05, 3.63) is 0 Å². The van der Waals surface area contributed by atoms with Crippen molar-refractivity contribution in [2.75, 3.05) is 0 Å². The molecule has 0 atom stereocenters. The Morgan fingerprint density at radius 3 is 1.68 bits per heavy atom. The molecule has 7 nitrogen and oxygen atoms in total. The summed E-state index contributed by atoms with van der Waals surface area (Å²) in [6, 6.07) is 0. The predicted octanol–water partition coefficient (Wildman–Crippen LogP) is 0.0842. The molecule has 4 N–H and O–H groups in total. The molecule has 2 aliphatic heterocycles. The highest BCUT2D eigenvalue weighted by Crippen LogP contribution is 2.51. The maximum atomic E-state index is 13.1. The summed E-state index contributed by atoms with van der Waals surface area (Å²) in [4.78, 5) is 26.3. The zero-order chi connectivity index (χ0) is 17.3. The van der Waals surface area contributed by atoms with E-state index in [9.17, 15) is 9.59 Å². The fraction of sp³-hybridized carbons (Fsp3) is 0.867. The quantitative estimate of drug-likeness (QED) is 0.592. The highest BCUT2D eigenvalue weighted by atomic mass is 16.5. The van der Waals surface area contributed by atoms with E-state index < -0.39 is 22.3 Å². The molecule has 0 aromatic heterocycles. The second-order valence-corrected chi connectivity index (χ2v) is 8.33. The fourth-order valence-corrected chi connectivity index (χ4v) is 4.48. The van der Waals surface area contributed by atoms with Crippen LogP contribution in [0.4, 0.5) is 0 Å². The Morgan fingerprint density at radius 1 is 0.955 bits per heavy atom. The Hall–Kier alpha value is -1.02. The van der Waals surface area contributed by atoms with Crippen LogP contribution in [0, 0.1) is 0 Å². The summed E-state index contributed by atoms with van der Waals surface area (Å²) >= 11 is 0. The summed E-state index contributed by atoms with van der Waals surface area (Å²) < 4.78 is 0. The summed E-state index contributed by atoms with van der Waals surface area (Å²) in [6.45, 7) is 12.4. The van der Waals surface area contributed by atoms with Crippen molar-refractivity contribution in [3.63, 3.8) is 0 Å². The molecule has 2 rings (SSSR count). The minimum atomic E-state index is -1.07. The van der Waals surface area contributed by atoms with E-state index >= 15 is 0 Å². The second kappa shape index (κ2) is 4.50. The number of imide groups is 1. The predicted molar refractivity (Wildman–Crippen MR) is 82.6 cm³/mol. The summed E-state index contributed by atoms with van der Waals surface area (Å²) in [5, 5.41) is 19.8. The number of amides is 2. The third kappa shape index (κ3) is 2.03. The number of hydrogen-bond acceptors (Lipinski definition) is 4. The van der Waals surface area contributed by atoms with E-state index in [2.05, 4.69) is 0 Å². The molecule has 2 saturated heterocycles. The van der Waals surface area contributed by atoms with Gasteiger partial charge in [0.15, 0.2) is 11.2 Å². The van der Waals surface area contributed by atoms with Crippen LogP contribution < -0.4 is 0 Å². The first-order valence-corrected chi connectivity index (χ1v) is 7.58. The van der Waals surface area contributed by atoms with Crippen LogP contribution in [0.25, 0.3) is 0 Å². The van der Waals surface area contributed by atoms with E-state index in [1.165, 1.54) is 22.0 Å². The molecule has 0 aromatic rings. The van der Waals surface area contributed by atoms with Crippen molar-refractivity contribution < 1.29 is 20.0 Å². The lowest BCUT2D eigenvalue weighted by Gasteiger charge is -2.51. The average Bonchev–Trinajstić information content (AvgIpc) is 2.45. The Balaban J connectivity index is 2.59. The van der Waals surface area contributed by atoms with Gasteiger partial charge < -0.3 is 10.4 Å². The first-order valence-electron chi connectivity index (χ1n) is 7.58. The summed E-state index contributed by atoms with van der Waals surface area (Å²) in [5.74, 6) is -0.651. The zero-order valence-corrected chi connectivity index (χ0v) is 14.6. The van der Waals surface area contributed by atoms with Crippen molar-refractivity contribution in [2.45, 2.75) is 83.6 Å². The van der Waals surface area contributed by atoms with Crippen LogP contribution >= 0.6 is 0 Å². The van der Waals surface area contributed by atoms with Crippen LogP contribution in [-0.2, 0) is 9.59 Å². The first-order chi connectivity index (χ1) is 9.70. The van der Waals surface area contributed by atoms with Crippen LogP contribution in [0.15, 0.2) is 0 Å². The molecule has 0 unspecified atom stereocenters. The lowest BCUT2D eigenvalue weighted by molar-refractivity contribution is -0.296. The molecule has 2 aliphatic rings. The highest BCUT2D eigenvalue weighted by molar-refractivity contribution is 6.02. The van der Waals surface area contributed by atoms with Gasteiger partial charge in [-0.3, -0.25) is 14.5 Å². The van der Waals surface area contributed by atoms with Gasteiger partial charge in [0.2, 0.25) is 5.91 Å². The zero-order valence-electron chi connectivity index (χ0n) is 14.6. The third-order valence-electron chi connectivity index (χ3n) is 5.10. The number of carbonyl (C=O) groups excluding carboxylic acids is 2. The largest absolute Gasteiger partial charge is 0.338 e. The van der Waals surface area contributed by atoms with Gasteiger partial charge in [0, 0.05) is 19.8 Å². The van der Waals surface area contributed by atoms with E-state index in [1.54, 1.807) is 13.8 Å². The van der Waals surface area contributed by atoms with Gasteiger partial charge in [-0.1, -0.05) is 5.06 Å². The van der Waals surface area contributed by atoms with Gasteiger partial charge in [-0.25, -0.2) is 0 Å². The molecular weight excluding hydrogens is 286 g/mol. The number of hydroxylamine groups is 4. The Kier molecular flexibility index (Phi) is 3.55. The highest BCUT2D eigenvalue weighted by Gasteiger charge is 2.72. The minimum absolute atomic E-state index is 0.311. The molecular formula is C15H29N3O4+2. The monoisotopic (exact) mass is 315 g/mol. The van der Waals surface area contributed by atoms with Crippen LogP contribution in [-0.4, -0.2) is 59.5 Å². The van der Waals surface area contributed by atoms with Crippen molar-refractivity contribution >= 4 is 11.8 Å². The van der Waals surface area contributed by atoms with Crippen molar-refractivity contribution in [1.82, 2.24) is 15.0 Å². The second-order valence-electron chi connectivity index (χ2n) is 8.33. The fourth-order valence-electron chi connectivity index (χ4n) is 4.48. The van der Waals surface area contributed by atoms with E-state index in [-0.39, 0.29) is 11.8 Å². The Morgan fingerprint density at radius 2 is 1.36 bits per heavy atom. The minimum Gasteiger partial charge on any atom is -0.338 e. The van der Waals surface area contributed by atoms with Crippen LogP contribution in [0.3, 0.4) is 0 Å². The number of carbonyl (C=O) groups is 2. The van der Waals surface area contributed by atoms with Crippen molar-refractivity contribution in [2.24, 2.45) is 0 Å². The van der Waals surface area contributed by atoms with Gasteiger partial charge in [-0.2, -0.15) is 0 Å². The van der Waals surface area contributed by atoms with Gasteiger partial charge >= 0.3 is 0 Å². The molecule has 22 heavy (non-hydrogen) atoms. The number of rotatable bonds is 0. The van der Waals surface area contributed by atoms with E-state index in [4.69, 9.17) is 10.4 Å². The van der Waals surface area contributed by atoms with Crippen molar-refractivity contribution in [3.8, 4) is 0 Å².